The molecular weight excluding hydrogens is 470 g/mol. The van der Waals surface area contributed by atoms with Crippen LogP contribution in [0.15, 0.2) is 84.4 Å². The highest BCUT2D eigenvalue weighted by Crippen LogP contribution is 2.34. The van der Waals surface area contributed by atoms with E-state index >= 15 is 0 Å². The lowest BCUT2D eigenvalue weighted by Crippen LogP contribution is -2.14. The number of nitriles is 1. The van der Waals surface area contributed by atoms with Crippen LogP contribution in [-0.4, -0.2) is 17.9 Å². The molecule has 0 aliphatic rings. The third-order valence-corrected chi connectivity index (χ3v) is 5.83. The first-order chi connectivity index (χ1) is 17.9. The average Bonchev–Trinajstić information content (AvgIpc) is 2.91. The van der Waals surface area contributed by atoms with Crippen molar-refractivity contribution >= 4 is 34.1 Å². The topological polar surface area (TPSA) is 114 Å². The number of amides is 1. The van der Waals surface area contributed by atoms with E-state index in [9.17, 15) is 20.2 Å². The Morgan fingerprint density at radius 2 is 1.84 bits per heavy atom. The highest BCUT2D eigenvalue weighted by molar-refractivity contribution is 6.10. The van der Waals surface area contributed by atoms with Crippen LogP contribution < -0.4 is 14.8 Å². The molecular formula is C29H23N3O5. The molecule has 0 saturated heterocycles. The van der Waals surface area contributed by atoms with E-state index in [0.29, 0.717) is 22.6 Å². The number of nitro groups is 1. The largest absolute Gasteiger partial charge is 0.493 e. The number of ether oxygens (including phenoxy) is 2. The molecule has 0 fully saturated rings. The van der Waals surface area contributed by atoms with Crippen LogP contribution in [-0.2, 0) is 11.4 Å². The number of non-ortho nitro benzene ring substituents is 1. The van der Waals surface area contributed by atoms with Gasteiger partial charge in [0.25, 0.3) is 11.6 Å². The van der Waals surface area contributed by atoms with Crippen molar-refractivity contribution in [1.29, 1.82) is 5.26 Å². The summed E-state index contributed by atoms with van der Waals surface area (Å²) in [5.74, 6) is 0.125. The molecule has 4 rings (SSSR count). The van der Waals surface area contributed by atoms with E-state index < -0.39 is 10.8 Å². The molecule has 0 heterocycles. The van der Waals surface area contributed by atoms with Crippen molar-refractivity contribution in [2.75, 3.05) is 12.4 Å². The molecule has 0 spiro atoms. The van der Waals surface area contributed by atoms with E-state index in [1.54, 1.807) is 25.1 Å². The Balaban J connectivity index is 1.64. The molecule has 37 heavy (non-hydrogen) atoms. The number of benzene rings is 4. The van der Waals surface area contributed by atoms with Gasteiger partial charge in [-0.2, -0.15) is 5.26 Å². The zero-order valence-electron chi connectivity index (χ0n) is 20.2. The summed E-state index contributed by atoms with van der Waals surface area (Å²) in [4.78, 5) is 23.5. The van der Waals surface area contributed by atoms with E-state index in [4.69, 9.17) is 9.47 Å². The second-order valence-electron chi connectivity index (χ2n) is 8.19. The number of hydrogen-bond donors (Lipinski definition) is 1. The summed E-state index contributed by atoms with van der Waals surface area (Å²) in [6.45, 7) is 1.94. The summed E-state index contributed by atoms with van der Waals surface area (Å²) in [5, 5.41) is 25.6. The second kappa shape index (κ2) is 11.1. The number of fused-ring (bicyclic) bond motifs is 1. The zero-order chi connectivity index (χ0) is 26.4. The molecule has 8 heteroatoms. The molecule has 1 amide bonds. The second-order valence-corrected chi connectivity index (χ2v) is 8.19. The minimum Gasteiger partial charge on any atom is -0.493 e. The minimum absolute atomic E-state index is 0.166. The summed E-state index contributed by atoms with van der Waals surface area (Å²) in [5.41, 5.74) is 1.95. The average molecular weight is 494 g/mol. The van der Waals surface area contributed by atoms with Crippen molar-refractivity contribution in [3.8, 4) is 17.6 Å². The van der Waals surface area contributed by atoms with Crippen molar-refractivity contribution in [3.05, 3.63) is 111 Å². The number of nitro benzene ring substituents is 1. The maximum Gasteiger partial charge on any atom is 0.271 e. The Morgan fingerprint density at radius 3 is 2.59 bits per heavy atom. The molecule has 1 N–H and O–H groups in total. The van der Waals surface area contributed by atoms with E-state index in [2.05, 4.69) is 5.32 Å². The van der Waals surface area contributed by atoms with E-state index in [-0.39, 0.29) is 23.6 Å². The fraction of sp³-hybridized carbons (Fsp3) is 0.103. The molecule has 8 nitrogen and oxygen atoms in total. The third-order valence-electron chi connectivity index (χ3n) is 5.83. The number of methoxy groups -OCH3 is 1. The molecule has 0 aromatic heterocycles. The Labute approximate surface area is 213 Å². The van der Waals surface area contributed by atoms with E-state index in [0.717, 1.165) is 16.3 Å². The summed E-state index contributed by atoms with van der Waals surface area (Å²) in [7, 11) is 1.51. The van der Waals surface area contributed by atoms with Crippen molar-refractivity contribution in [2.24, 2.45) is 0 Å². The number of rotatable bonds is 8. The van der Waals surface area contributed by atoms with Crippen molar-refractivity contribution in [2.45, 2.75) is 13.5 Å². The number of anilines is 1. The first-order valence-corrected chi connectivity index (χ1v) is 11.4. The van der Waals surface area contributed by atoms with Gasteiger partial charge in [0.15, 0.2) is 11.5 Å². The van der Waals surface area contributed by atoms with Gasteiger partial charge < -0.3 is 14.8 Å². The summed E-state index contributed by atoms with van der Waals surface area (Å²) < 4.78 is 11.7. The Bertz CT molecular complexity index is 1560. The molecule has 0 bridgehead atoms. The third kappa shape index (κ3) is 5.57. The van der Waals surface area contributed by atoms with Crippen LogP contribution in [0.1, 0.15) is 16.7 Å². The highest BCUT2D eigenvalue weighted by Gasteiger charge is 2.17. The van der Waals surface area contributed by atoms with Gasteiger partial charge in [0.1, 0.15) is 18.2 Å². The predicted molar refractivity (Wildman–Crippen MR) is 141 cm³/mol. The van der Waals surface area contributed by atoms with Crippen LogP contribution >= 0.6 is 0 Å². The van der Waals surface area contributed by atoms with Gasteiger partial charge >= 0.3 is 0 Å². The molecule has 0 unspecified atom stereocenters. The van der Waals surface area contributed by atoms with E-state index in [1.807, 2.05) is 48.5 Å². The van der Waals surface area contributed by atoms with Crippen LogP contribution in [0.3, 0.4) is 0 Å². The predicted octanol–water partition coefficient (Wildman–Crippen LogP) is 6.19. The van der Waals surface area contributed by atoms with Crippen LogP contribution in [0.2, 0.25) is 0 Å². The van der Waals surface area contributed by atoms with Gasteiger partial charge in [0.2, 0.25) is 0 Å². The first-order valence-electron chi connectivity index (χ1n) is 11.4. The molecule has 184 valence electrons. The first kappa shape index (κ1) is 24.9. The molecule has 0 aliphatic heterocycles. The Kier molecular flexibility index (Phi) is 7.45. The molecule has 0 aliphatic carbocycles. The summed E-state index contributed by atoms with van der Waals surface area (Å²) in [6, 6.07) is 25.2. The lowest BCUT2D eigenvalue weighted by atomic mass is 10.1. The van der Waals surface area contributed by atoms with Gasteiger partial charge in [-0.25, -0.2) is 0 Å². The van der Waals surface area contributed by atoms with Crippen molar-refractivity contribution in [3.63, 3.8) is 0 Å². The minimum atomic E-state index is -0.700. The number of carbonyl (C=O) groups is 1. The van der Waals surface area contributed by atoms with Crippen LogP contribution in [0.4, 0.5) is 11.4 Å². The van der Waals surface area contributed by atoms with Gasteiger partial charge in [-0.1, -0.05) is 60.7 Å². The zero-order valence-corrected chi connectivity index (χ0v) is 20.2. The normalized spacial score (nSPS) is 11.0. The van der Waals surface area contributed by atoms with Crippen LogP contribution in [0, 0.1) is 28.4 Å². The smallest absolute Gasteiger partial charge is 0.271 e. The SMILES string of the molecule is COc1cccc(/C=C(\C#N)C(=O)Nc2cc([N+](=O)[O-])ccc2C)c1OCc1cccc2ccccc12. The van der Waals surface area contributed by atoms with Gasteiger partial charge in [0.05, 0.1) is 17.7 Å². The number of carbonyl (C=O) groups excluding carboxylic acids is 1. The van der Waals surface area contributed by atoms with Crippen molar-refractivity contribution in [1.82, 2.24) is 0 Å². The Morgan fingerprint density at radius 1 is 1.08 bits per heavy atom. The molecule has 0 radical (unpaired) electrons. The van der Waals surface area contributed by atoms with Crippen LogP contribution in [0.25, 0.3) is 16.8 Å². The fourth-order valence-electron chi connectivity index (χ4n) is 3.88. The molecule has 0 atom stereocenters. The number of hydrogen-bond acceptors (Lipinski definition) is 6. The Hall–Kier alpha value is -5.16. The number of para-hydroxylation sites is 1. The number of aryl methyl sites for hydroxylation is 1. The molecule has 0 saturated carbocycles. The van der Waals surface area contributed by atoms with E-state index in [1.165, 1.54) is 31.4 Å². The van der Waals surface area contributed by atoms with Gasteiger partial charge in [-0.15, -0.1) is 0 Å². The summed E-state index contributed by atoms with van der Waals surface area (Å²) in [6.07, 6.45) is 1.41. The van der Waals surface area contributed by atoms with Gasteiger partial charge in [-0.3, -0.25) is 14.9 Å². The molecule has 4 aromatic rings. The number of nitrogens with one attached hydrogen (secondary N) is 1. The fourth-order valence-corrected chi connectivity index (χ4v) is 3.88. The highest BCUT2D eigenvalue weighted by atomic mass is 16.6. The lowest BCUT2D eigenvalue weighted by Gasteiger charge is -2.15. The monoisotopic (exact) mass is 493 g/mol. The van der Waals surface area contributed by atoms with Crippen molar-refractivity contribution < 1.29 is 19.2 Å². The quantitative estimate of drug-likeness (QED) is 0.135. The van der Waals surface area contributed by atoms with Crippen LogP contribution in [0.5, 0.6) is 11.5 Å². The maximum absolute atomic E-state index is 12.9. The molecule has 4 aromatic carbocycles. The maximum atomic E-state index is 12.9. The van der Waals surface area contributed by atoms with Gasteiger partial charge in [0, 0.05) is 17.7 Å². The number of nitrogens with zero attached hydrogens (tertiary/aromatic N) is 2. The van der Waals surface area contributed by atoms with Gasteiger partial charge in [-0.05, 0) is 41.0 Å². The summed E-state index contributed by atoms with van der Waals surface area (Å²) >= 11 is 0. The lowest BCUT2D eigenvalue weighted by molar-refractivity contribution is -0.384. The standard InChI is InChI=1S/C29H23N3O5/c1-19-13-14-24(32(34)35)16-26(19)31-29(33)23(17-30)15-21-9-6-12-27(36-2)28(21)37-18-22-10-5-8-20-7-3-4-11-25(20)22/h3-16H,18H2,1-2H3,(H,31,33)/b23-15+.